The molecule has 0 amide bonds. The number of benzene rings is 1. The Labute approximate surface area is 105 Å². The average molecular weight is 306 g/mol. The third kappa shape index (κ3) is 3.22. The van der Waals surface area contributed by atoms with Crippen molar-refractivity contribution in [2.24, 2.45) is 0 Å². The summed E-state index contributed by atoms with van der Waals surface area (Å²) in [5.41, 5.74) is 1.64. The van der Waals surface area contributed by atoms with Crippen LogP contribution in [0.25, 0.3) is 0 Å². The zero-order chi connectivity index (χ0) is 12.4. The normalized spacial score (nSPS) is 12.5. The van der Waals surface area contributed by atoms with E-state index in [1.165, 1.54) is 0 Å². The van der Waals surface area contributed by atoms with E-state index < -0.39 is 14.8 Å². The predicted molar refractivity (Wildman–Crippen MR) is 71.4 cm³/mol. The summed E-state index contributed by atoms with van der Waals surface area (Å²) in [6, 6.07) is 7.33. The molecule has 1 aromatic carbocycles. The van der Waals surface area contributed by atoms with Gasteiger partial charge < -0.3 is 0 Å². The lowest BCUT2D eigenvalue weighted by atomic mass is 10.2. The fourth-order valence-corrected chi connectivity index (χ4v) is 2.12. The Morgan fingerprint density at radius 3 is 2.44 bits per heavy atom. The highest BCUT2D eigenvalue weighted by atomic mass is 79.9. The number of alkyl halides is 1. The molecule has 1 aromatic rings. The van der Waals surface area contributed by atoms with Crippen molar-refractivity contribution < 1.29 is 8.42 Å². The van der Waals surface area contributed by atoms with Crippen molar-refractivity contribution in [2.45, 2.75) is 30.8 Å². The lowest BCUT2D eigenvalue weighted by Gasteiger charge is -2.20. The molecule has 0 unspecified atom stereocenters. The van der Waals surface area contributed by atoms with Crippen LogP contribution in [0.2, 0.25) is 0 Å². The van der Waals surface area contributed by atoms with Crippen molar-refractivity contribution in [1.29, 1.82) is 0 Å². The van der Waals surface area contributed by atoms with Crippen LogP contribution >= 0.6 is 15.9 Å². The number of halogens is 1. The summed E-state index contributed by atoms with van der Waals surface area (Å²) < 4.78 is 25.6. The smallest absolute Gasteiger partial charge is 0.237 e. The summed E-state index contributed by atoms with van der Waals surface area (Å²) in [6.07, 6.45) is 0. The minimum atomic E-state index is -3.34. The molecule has 0 spiro atoms. The van der Waals surface area contributed by atoms with Crippen molar-refractivity contribution >= 4 is 31.6 Å². The van der Waals surface area contributed by atoms with Crippen LogP contribution in [-0.2, 0) is 15.4 Å². The molecule has 0 saturated carbocycles. The molecule has 3 nitrogen and oxygen atoms in total. The number of hydrogen-bond acceptors (Lipinski definition) is 2. The van der Waals surface area contributed by atoms with Gasteiger partial charge in [0.2, 0.25) is 10.0 Å². The fourth-order valence-electron chi connectivity index (χ4n) is 1.03. The van der Waals surface area contributed by atoms with Gasteiger partial charge in [0.05, 0.1) is 4.75 Å². The van der Waals surface area contributed by atoms with E-state index in [1.54, 1.807) is 26.8 Å². The first kappa shape index (κ1) is 13.5. The molecule has 0 radical (unpaired) electrons. The van der Waals surface area contributed by atoms with Crippen LogP contribution in [0.5, 0.6) is 0 Å². The number of hydrogen-bond donors (Lipinski definition) is 1. The molecule has 0 heterocycles. The minimum Gasteiger partial charge on any atom is -0.283 e. The van der Waals surface area contributed by atoms with E-state index in [0.29, 0.717) is 11.0 Å². The monoisotopic (exact) mass is 305 g/mol. The SMILES string of the molecule is CC(C)(C)S(=O)(=O)Nc1cccc(CBr)c1. The number of nitrogens with one attached hydrogen (secondary N) is 1. The maximum Gasteiger partial charge on any atom is 0.237 e. The third-order valence-electron chi connectivity index (χ3n) is 2.14. The maximum atomic E-state index is 11.9. The van der Waals surface area contributed by atoms with Crippen LogP contribution in [0.4, 0.5) is 5.69 Å². The highest BCUT2D eigenvalue weighted by molar-refractivity contribution is 9.08. The van der Waals surface area contributed by atoms with Crippen molar-refractivity contribution in [3.63, 3.8) is 0 Å². The second kappa shape index (κ2) is 4.75. The number of sulfonamides is 1. The van der Waals surface area contributed by atoms with Gasteiger partial charge in [0, 0.05) is 11.0 Å². The summed E-state index contributed by atoms with van der Waals surface area (Å²) in [6.45, 7) is 5.01. The van der Waals surface area contributed by atoms with Crippen molar-refractivity contribution in [3.05, 3.63) is 29.8 Å². The van der Waals surface area contributed by atoms with Gasteiger partial charge in [-0.15, -0.1) is 0 Å². The van der Waals surface area contributed by atoms with E-state index >= 15 is 0 Å². The predicted octanol–water partition coefficient (Wildman–Crippen LogP) is 3.12. The van der Waals surface area contributed by atoms with Gasteiger partial charge >= 0.3 is 0 Å². The molecule has 5 heteroatoms. The van der Waals surface area contributed by atoms with Crippen molar-refractivity contribution in [2.75, 3.05) is 4.72 Å². The highest BCUT2D eigenvalue weighted by Gasteiger charge is 2.28. The van der Waals surface area contributed by atoms with E-state index in [9.17, 15) is 8.42 Å². The summed E-state index contributed by atoms with van der Waals surface area (Å²) in [7, 11) is -3.34. The van der Waals surface area contributed by atoms with Crippen LogP contribution in [0.15, 0.2) is 24.3 Å². The van der Waals surface area contributed by atoms with Gasteiger partial charge in [-0.3, -0.25) is 4.72 Å². The van der Waals surface area contributed by atoms with Crippen molar-refractivity contribution in [1.82, 2.24) is 0 Å². The summed E-state index contributed by atoms with van der Waals surface area (Å²) >= 11 is 3.33. The van der Waals surface area contributed by atoms with Gasteiger partial charge in [0.25, 0.3) is 0 Å². The molecule has 0 fully saturated rings. The Hall–Kier alpha value is -0.550. The number of rotatable bonds is 3. The zero-order valence-electron chi connectivity index (χ0n) is 9.62. The van der Waals surface area contributed by atoms with E-state index in [0.717, 1.165) is 5.56 Å². The number of anilines is 1. The molecule has 0 atom stereocenters. The zero-order valence-corrected chi connectivity index (χ0v) is 12.0. The average Bonchev–Trinajstić information content (AvgIpc) is 2.15. The van der Waals surface area contributed by atoms with E-state index in [1.807, 2.05) is 18.2 Å². The van der Waals surface area contributed by atoms with E-state index in [4.69, 9.17) is 0 Å². The van der Waals surface area contributed by atoms with Gasteiger partial charge in [-0.2, -0.15) is 0 Å². The Morgan fingerprint density at radius 1 is 1.31 bits per heavy atom. The molecule has 0 bridgehead atoms. The molecule has 16 heavy (non-hydrogen) atoms. The summed E-state index contributed by atoms with van der Waals surface area (Å²) in [5, 5.41) is 0.706. The first-order valence-electron chi connectivity index (χ1n) is 4.93. The quantitative estimate of drug-likeness (QED) is 0.872. The minimum absolute atomic E-state index is 0.604. The second-order valence-corrected chi connectivity index (χ2v) is 7.55. The Balaban J connectivity index is 2.97. The van der Waals surface area contributed by atoms with Gasteiger partial charge in [0.15, 0.2) is 0 Å². The molecule has 0 aromatic heterocycles. The van der Waals surface area contributed by atoms with Gasteiger partial charge in [0.1, 0.15) is 0 Å². The van der Waals surface area contributed by atoms with Crippen LogP contribution < -0.4 is 4.72 Å². The maximum absolute atomic E-state index is 11.9. The van der Waals surface area contributed by atoms with Crippen LogP contribution in [-0.4, -0.2) is 13.2 Å². The molecule has 0 saturated heterocycles. The summed E-state index contributed by atoms with van der Waals surface area (Å²) in [5.74, 6) is 0. The molecule has 1 rings (SSSR count). The van der Waals surface area contributed by atoms with Crippen LogP contribution in [0.3, 0.4) is 0 Å². The first-order valence-corrected chi connectivity index (χ1v) is 7.54. The van der Waals surface area contributed by atoms with E-state index in [-0.39, 0.29) is 0 Å². The summed E-state index contributed by atoms with van der Waals surface area (Å²) in [4.78, 5) is 0. The Kier molecular flexibility index (Phi) is 4.02. The standard InChI is InChI=1S/C11H16BrNO2S/c1-11(2,3)16(14,15)13-10-6-4-5-9(7-10)8-12/h4-7,13H,8H2,1-3H3. The molecule has 0 aliphatic heterocycles. The molecule has 1 N–H and O–H groups in total. The molecule has 0 aliphatic carbocycles. The van der Waals surface area contributed by atoms with Crippen LogP contribution in [0, 0.1) is 0 Å². The van der Waals surface area contributed by atoms with Crippen molar-refractivity contribution in [3.8, 4) is 0 Å². The molecule has 90 valence electrons. The Bertz CT molecular complexity index is 463. The van der Waals surface area contributed by atoms with E-state index in [2.05, 4.69) is 20.7 Å². The van der Waals surface area contributed by atoms with Gasteiger partial charge in [-0.25, -0.2) is 8.42 Å². The molecular formula is C11H16BrNO2S. The fraction of sp³-hybridized carbons (Fsp3) is 0.455. The van der Waals surface area contributed by atoms with Gasteiger partial charge in [-0.05, 0) is 38.5 Å². The largest absolute Gasteiger partial charge is 0.283 e. The lowest BCUT2D eigenvalue weighted by molar-refractivity contribution is 0.566. The molecular weight excluding hydrogens is 290 g/mol. The highest BCUT2D eigenvalue weighted by Crippen LogP contribution is 2.20. The lowest BCUT2D eigenvalue weighted by Crippen LogP contribution is -2.33. The molecule has 0 aliphatic rings. The van der Waals surface area contributed by atoms with Crippen LogP contribution in [0.1, 0.15) is 26.3 Å². The Morgan fingerprint density at radius 2 is 1.94 bits per heavy atom. The first-order chi connectivity index (χ1) is 7.26. The second-order valence-electron chi connectivity index (χ2n) is 4.55. The topological polar surface area (TPSA) is 46.2 Å². The third-order valence-corrected chi connectivity index (χ3v) is 4.90. The van der Waals surface area contributed by atoms with Gasteiger partial charge in [-0.1, -0.05) is 28.1 Å².